The fourth-order valence-corrected chi connectivity index (χ4v) is 2.89. The summed E-state index contributed by atoms with van der Waals surface area (Å²) in [6.07, 6.45) is 1.03. The standard InChI is InChI=1S/C18H20O2/c1-5-13-7-8-14-15-9-10-16(19-6-2)12(4)18(15)20-17(14)11(13)3/h7-10H,5-6H2,1-4H3. The Morgan fingerprint density at radius 3 is 2.20 bits per heavy atom. The van der Waals surface area contributed by atoms with E-state index in [4.69, 9.17) is 9.15 Å². The van der Waals surface area contributed by atoms with Crippen molar-refractivity contribution in [1.82, 2.24) is 0 Å². The number of hydrogen-bond acceptors (Lipinski definition) is 2. The molecule has 0 bridgehead atoms. The lowest BCUT2D eigenvalue weighted by Gasteiger charge is -2.06. The van der Waals surface area contributed by atoms with Crippen molar-refractivity contribution in [2.75, 3.05) is 6.61 Å². The van der Waals surface area contributed by atoms with Crippen LogP contribution in [0, 0.1) is 13.8 Å². The summed E-state index contributed by atoms with van der Waals surface area (Å²) in [6.45, 7) is 9.05. The van der Waals surface area contributed by atoms with Crippen LogP contribution in [-0.2, 0) is 6.42 Å². The number of aryl methyl sites for hydroxylation is 3. The minimum atomic E-state index is 0.672. The number of fused-ring (bicyclic) bond motifs is 3. The van der Waals surface area contributed by atoms with Gasteiger partial charge in [0.25, 0.3) is 0 Å². The molecule has 0 aliphatic heterocycles. The zero-order valence-electron chi connectivity index (χ0n) is 12.5. The van der Waals surface area contributed by atoms with Crippen LogP contribution in [-0.4, -0.2) is 6.61 Å². The monoisotopic (exact) mass is 268 g/mol. The highest BCUT2D eigenvalue weighted by molar-refractivity contribution is 6.07. The van der Waals surface area contributed by atoms with Crippen molar-refractivity contribution in [3.63, 3.8) is 0 Å². The fraction of sp³-hybridized carbons (Fsp3) is 0.333. The van der Waals surface area contributed by atoms with Crippen molar-refractivity contribution in [2.24, 2.45) is 0 Å². The van der Waals surface area contributed by atoms with Crippen LogP contribution in [0.25, 0.3) is 21.9 Å². The van der Waals surface area contributed by atoms with Crippen molar-refractivity contribution in [2.45, 2.75) is 34.1 Å². The fourth-order valence-electron chi connectivity index (χ4n) is 2.89. The molecule has 2 nitrogen and oxygen atoms in total. The minimum absolute atomic E-state index is 0.672. The predicted octanol–water partition coefficient (Wildman–Crippen LogP) is 5.16. The number of ether oxygens (including phenoxy) is 1. The largest absolute Gasteiger partial charge is 0.493 e. The van der Waals surface area contributed by atoms with Crippen molar-refractivity contribution in [3.8, 4) is 5.75 Å². The van der Waals surface area contributed by atoms with E-state index in [1.807, 2.05) is 13.0 Å². The van der Waals surface area contributed by atoms with Gasteiger partial charge in [0, 0.05) is 16.3 Å². The van der Waals surface area contributed by atoms with Crippen LogP contribution >= 0.6 is 0 Å². The summed E-state index contributed by atoms with van der Waals surface area (Å²) in [5.74, 6) is 0.910. The van der Waals surface area contributed by atoms with E-state index >= 15 is 0 Å². The number of rotatable bonds is 3. The molecule has 0 saturated heterocycles. The molecule has 0 saturated carbocycles. The summed E-state index contributed by atoms with van der Waals surface area (Å²) in [7, 11) is 0. The molecular formula is C18H20O2. The van der Waals surface area contributed by atoms with Crippen LogP contribution in [0.5, 0.6) is 5.75 Å². The maximum absolute atomic E-state index is 6.16. The normalized spacial score (nSPS) is 11.4. The third kappa shape index (κ3) is 1.79. The lowest BCUT2D eigenvalue weighted by molar-refractivity contribution is 0.338. The molecule has 0 N–H and O–H groups in total. The maximum Gasteiger partial charge on any atom is 0.142 e. The van der Waals surface area contributed by atoms with E-state index in [0.717, 1.165) is 28.9 Å². The van der Waals surface area contributed by atoms with E-state index in [2.05, 4.69) is 39.0 Å². The Labute approximate surface area is 119 Å². The third-order valence-electron chi connectivity index (χ3n) is 4.05. The van der Waals surface area contributed by atoms with E-state index in [1.165, 1.54) is 21.9 Å². The molecular weight excluding hydrogens is 248 g/mol. The molecule has 3 rings (SSSR count). The first-order valence-corrected chi connectivity index (χ1v) is 7.24. The minimum Gasteiger partial charge on any atom is -0.493 e. The van der Waals surface area contributed by atoms with Crippen LogP contribution in [0.15, 0.2) is 28.7 Å². The van der Waals surface area contributed by atoms with Crippen molar-refractivity contribution >= 4 is 21.9 Å². The average Bonchev–Trinajstić information content (AvgIpc) is 2.83. The quantitative estimate of drug-likeness (QED) is 0.654. The first-order chi connectivity index (χ1) is 9.67. The summed E-state index contributed by atoms with van der Waals surface area (Å²) >= 11 is 0. The van der Waals surface area contributed by atoms with Crippen LogP contribution < -0.4 is 4.74 Å². The van der Waals surface area contributed by atoms with Gasteiger partial charge in [-0.1, -0.05) is 19.1 Å². The highest BCUT2D eigenvalue weighted by atomic mass is 16.5. The molecule has 2 aromatic carbocycles. The van der Waals surface area contributed by atoms with Gasteiger partial charge in [-0.3, -0.25) is 0 Å². The Balaban J connectivity index is 2.35. The molecule has 0 aliphatic carbocycles. The van der Waals surface area contributed by atoms with Crippen molar-refractivity contribution in [3.05, 3.63) is 41.0 Å². The number of furan rings is 1. The topological polar surface area (TPSA) is 22.4 Å². The van der Waals surface area contributed by atoms with Gasteiger partial charge in [0.1, 0.15) is 16.9 Å². The summed E-state index contributed by atoms with van der Waals surface area (Å²) in [6, 6.07) is 8.52. The van der Waals surface area contributed by atoms with E-state index in [-0.39, 0.29) is 0 Å². The molecule has 0 aliphatic rings. The molecule has 0 atom stereocenters. The Kier molecular flexibility index (Phi) is 3.17. The Morgan fingerprint density at radius 2 is 1.55 bits per heavy atom. The Bertz CT molecular complexity index is 781. The predicted molar refractivity (Wildman–Crippen MR) is 83.7 cm³/mol. The van der Waals surface area contributed by atoms with Crippen molar-refractivity contribution in [1.29, 1.82) is 0 Å². The lowest BCUT2D eigenvalue weighted by Crippen LogP contribution is -1.93. The van der Waals surface area contributed by atoms with Gasteiger partial charge in [0.2, 0.25) is 0 Å². The highest BCUT2D eigenvalue weighted by Gasteiger charge is 2.14. The molecule has 1 heterocycles. The average molecular weight is 268 g/mol. The molecule has 0 amide bonds. The first kappa shape index (κ1) is 13.0. The summed E-state index contributed by atoms with van der Waals surface area (Å²) < 4.78 is 11.8. The summed E-state index contributed by atoms with van der Waals surface area (Å²) in [4.78, 5) is 0. The first-order valence-electron chi connectivity index (χ1n) is 7.24. The number of benzene rings is 2. The van der Waals surface area contributed by atoms with Gasteiger partial charge in [-0.05, 0) is 50.5 Å². The second kappa shape index (κ2) is 4.86. The summed E-state index contributed by atoms with van der Waals surface area (Å²) in [5, 5.41) is 2.37. The molecule has 20 heavy (non-hydrogen) atoms. The maximum atomic E-state index is 6.16. The SMILES string of the molecule is CCOc1ccc2c(oc3c(C)c(CC)ccc32)c1C. The van der Waals surface area contributed by atoms with Gasteiger partial charge in [-0.15, -0.1) is 0 Å². The zero-order valence-corrected chi connectivity index (χ0v) is 12.5. The van der Waals surface area contributed by atoms with Crippen LogP contribution in [0.4, 0.5) is 0 Å². The van der Waals surface area contributed by atoms with Gasteiger partial charge in [0.05, 0.1) is 6.61 Å². The second-order valence-electron chi connectivity index (χ2n) is 5.18. The van der Waals surface area contributed by atoms with E-state index in [0.29, 0.717) is 6.61 Å². The molecule has 3 aromatic rings. The Morgan fingerprint density at radius 1 is 0.900 bits per heavy atom. The van der Waals surface area contributed by atoms with Gasteiger partial charge in [-0.2, -0.15) is 0 Å². The van der Waals surface area contributed by atoms with Gasteiger partial charge in [0.15, 0.2) is 0 Å². The van der Waals surface area contributed by atoms with Crippen LogP contribution in [0.3, 0.4) is 0 Å². The second-order valence-corrected chi connectivity index (χ2v) is 5.18. The van der Waals surface area contributed by atoms with Gasteiger partial charge < -0.3 is 9.15 Å². The van der Waals surface area contributed by atoms with E-state index in [9.17, 15) is 0 Å². The van der Waals surface area contributed by atoms with E-state index in [1.54, 1.807) is 0 Å². The highest BCUT2D eigenvalue weighted by Crippen LogP contribution is 2.37. The molecule has 0 fully saturated rings. The van der Waals surface area contributed by atoms with Gasteiger partial charge >= 0.3 is 0 Å². The molecule has 0 spiro atoms. The van der Waals surface area contributed by atoms with Crippen LogP contribution in [0.2, 0.25) is 0 Å². The van der Waals surface area contributed by atoms with Crippen molar-refractivity contribution < 1.29 is 9.15 Å². The number of hydrogen-bond donors (Lipinski definition) is 0. The Hall–Kier alpha value is -1.96. The molecule has 2 heteroatoms. The lowest BCUT2D eigenvalue weighted by atomic mass is 10.0. The van der Waals surface area contributed by atoms with Crippen LogP contribution in [0.1, 0.15) is 30.5 Å². The third-order valence-corrected chi connectivity index (χ3v) is 4.05. The molecule has 1 aromatic heterocycles. The molecule has 104 valence electrons. The molecule has 0 unspecified atom stereocenters. The smallest absolute Gasteiger partial charge is 0.142 e. The van der Waals surface area contributed by atoms with E-state index < -0.39 is 0 Å². The summed E-state index contributed by atoms with van der Waals surface area (Å²) in [5.41, 5.74) is 5.63. The molecule has 0 radical (unpaired) electrons. The van der Waals surface area contributed by atoms with Gasteiger partial charge in [-0.25, -0.2) is 0 Å². The zero-order chi connectivity index (χ0) is 14.3.